The molecule has 0 unspecified atom stereocenters. The van der Waals surface area contributed by atoms with E-state index in [1.54, 1.807) is 6.92 Å². The number of ether oxygens (including phenoxy) is 2. The van der Waals surface area contributed by atoms with Gasteiger partial charge in [0.15, 0.2) is 5.79 Å². The maximum absolute atomic E-state index is 10.0. The summed E-state index contributed by atoms with van der Waals surface area (Å²) in [5.74, 6) is 5.24. The third-order valence-corrected chi connectivity index (χ3v) is 3.01. The molecule has 0 aromatic heterocycles. The van der Waals surface area contributed by atoms with Crippen molar-refractivity contribution < 1.29 is 14.6 Å². The van der Waals surface area contributed by atoms with Crippen molar-refractivity contribution in [1.29, 1.82) is 0 Å². The van der Waals surface area contributed by atoms with Gasteiger partial charge in [-0.15, -0.1) is 5.92 Å². The van der Waals surface area contributed by atoms with E-state index in [0.717, 1.165) is 12.8 Å². The first-order chi connectivity index (χ1) is 8.68. The second-order valence-corrected chi connectivity index (χ2v) is 4.01. The monoisotopic (exact) mass is 256 g/mol. The first-order valence-corrected chi connectivity index (χ1v) is 7.12. The van der Waals surface area contributed by atoms with Gasteiger partial charge in [0, 0.05) is 12.8 Å². The van der Waals surface area contributed by atoms with Crippen molar-refractivity contribution in [3.63, 3.8) is 0 Å². The van der Waals surface area contributed by atoms with Crippen LogP contribution < -0.4 is 0 Å². The number of rotatable bonds is 0. The fraction of sp³-hybridized carbons (Fsp3) is 0.867. The quantitative estimate of drug-likeness (QED) is 0.677. The van der Waals surface area contributed by atoms with Gasteiger partial charge in [-0.05, 0) is 19.8 Å². The molecule has 1 saturated heterocycles. The highest BCUT2D eigenvalue weighted by Crippen LogP contribution is 2.39. The van der Waals surface area contributed by atoms with E-state index in [0.29, 0.717) is 26.1 Å². The Labute approximate surface area is 112 Å². The molecule has 3 nitrogen and oxygen atoms in total. The molecule has 0 radical (unpaired) electrons. The Morgan fingerprint density at radius 1 is 0.889 bits per heavy atom. The van der Waals surface area contributed by atoms with Crippen LogP contribution in [-0.2, 0) is 9.47 Å². The van der Waals surface area contributed by atoms with Gasteiger partial charge < -0.3 is 14.6 Å². The molecular weight excluding hydrogens is 228 g/mol. The Bertz CT molecular complexity index is 259. The van der Waals surface area contributed by atoms with Crippen molar-refractivity contribution in [1.82, 2.24) is 0 Å². The minimum atomic E-state index is -0.810. The van der Waals surface area contributed by atoms with Crippen LogP contribution in [0.2, 0.25) is 0 Å². The molecule has 2 rings (SSSR count). The largest absolute Gasteiger partial charge is 0.378 e. The van der Waals surface area contributed by atoms with E-state index in [1.807, 2.05) is 27.7 Å². The van der Waals surface area contributed by atoms with Crippen LogP contribution in [0.5, 0.6) is 0 Å². The predicted octanol–water partition coefficient (Wildman–Crippen LogP) is 3.11. The molecule has 0 bridgehead atoms. The minimum Gasteiger partial charge on any atom is -0.378 e. The molecule has 0 atom stereocenters. The lowest BCUT2D eigenvalue weighted by molar-refractivity contribution is -0.195. The number of hydrogen-bond acceptors (Lipinski definition) is 3. The maximum Gasteiger partial charge on any atom is 0.168 e. The van der Waals surface area contributed by atoms with Crippen molar-refractivity contribution in [2.75, 3.05) is 13.2 Å². The van der Waals surface area contributed by atoms with Gasteiger partial charge in [0.05, 0.1) is 13.2 Å². The highest BCUT2D eigenvalue weighted by Gasteiger charge is 2.44. The molecule has 106 valence electrons. The van der Waals surface area contributed by atoms with E-state index < -0.39 is 11.4 Å². The van der Waals surface area contributed by atoms with Gasteiger partial charge in [0.1, 0.15) is 5.60 Å². The van der Waals surface area contributed by atoms with E-state index in [4.69, 9.17) is 9.47 Å². The van der Waals surface area contributed by atoms with Gasteiger partial charge in [-0.25, -0.2) is 0 Å². The first-order valence-electron chi connectivity index (χ1n) is 7.12. The van der Waals surface area contributed by atoms with Crippen molar-refractivity contribution >= 4 is 0 Å². The molecule has 0 aromatic carbocycles. The molecule has 2 fully saturated rings. The summed E-state index contributed by atoms with van der Waals surface area (Å²) in [6, 6.07) is 0. The number of hydrogen-bond donors (Lipinski definition) is 1. The van der Waals surface area contributed by atoms with E-state index in [1.165, 1.54) is 0 Å². The van der Waals surface area contributed by atoms with Crippen LogP contribution in [0.4, 0.5) is 0 Å². The predicted molar refractivity (Wildman–Crippen MR) is 74.2 cm³/mol. The second kappa shape index (κ2) is 8.53. The van der Waals surface area contributed by atoms with Gasteiger partial charge >= 0.3 is 0 Å². The lowest BCUT2D eigenvalue weighted by Crippen LogP contribution is -2.42. The van der Waals surface area contributed by atoms with E-state index in [2.05, 4.69) is 11.8 Å². The van der Waals surface area contributed by atoms with Gasteiger partial charge in [-0.2, -0.15) is 0 Å². The topological polar surface area (TPSA) is 38.7 Å². The highest BCUT2D eigenvalue weighted by atomic mass is 16.7. The van der Waals surface area contributed by atoms with Gasteiger partial charge in [0.25, 0.3) is 0 Å². The smallest absolute Gasteiger partial charge is 0.168 e. The Hall–Kier alpha value is -0.560. The normalized spacial score (nSPS) is 22.8. The van der Waals surface area contributed by atoms with Crippen LogP contribution in [0.25, 0.3) is 0 Å². The summed E-state index contributed by atoms with van der Waals surface area (Å²) in [6.07, 6.45) is 2.79. The van der Waals surface area contributed by atoms with Crippen LogP contribution in [0.15, 0.2) is 0 Å². The zero-order valence-corrected chi connectivity index (χ0v) is 12.5. The molecule has 1 spiro atoms. The number of aliphatic hydroxyl groups is 1. The Balaban J connectivity index is 0.000000659. The summed E-state index contributed by atoms with van der Waals surface area (Å²) < 4.78 is 11.1. The minimum absolute atomic E-state index is 0.401. The van der Waals surface area contributed by atoms with Gasteiger partial charge in [0.2, 0.25) is 0 Å². The van der Waals surface area contributed by atoms with Gasteiger partial charge in [-0.3, -0.25) is 0 Å². The second-order valence-electron chi connectivity index (χ2n) is 4.01. The summed E-state index contributed by atoms with van der Waals surface area (Å²) in [4.78, 5) is 0. The molecule has 1 aliphatic carbocycles. The van der Waals surface area contributed by atoms with Crippen LogP contribution in [0.3, 0.4) is 0 Å². The van der Waals surface area contributed by atoms with Crippen molar-refractivity contribution in [2.45, 2.75) is 71.7 Å². The van der Waals surface area contributed by atoms with E-state index in [-0.39, 0.29) is 0 Å². The first kappa shape index (κ1) is 17.4. The lowest BCUT2D eigenvalue weighted by atomic mass is 9.82. The van der Waals surface area contributed by atoms with Gasteiger partial charge in [-0.1, -0.05) is 33.6 Å². The molecule has 0 amide bonds. The van der Waals surface area contributed by atoms with E-state index in [9.17, 15) is 5.11 Å². The van der Waals surface area contributed by atoms with Crippen LogP contribution in [0.1, 0.15) is 60.3 Å². The fourth-order valence-corrected chi connectivity index (χ4v) is 2.19. The molecule has 0 aromatic rings. The SMILES string of the molecule is CC.CC.CC#CC1(O)CCC2(CC1)OCCO2. The average molecular weight is 256 g/mol. The summed E-state index contributed by atoms with van der Waals surface area (Å²) in [5, 5.41) is 10.0. The molecule has 1 saturated carbocycles. The summed E-state index contributed by atoms with van der Waals surface area (Å²) >= 11 is 0. The average Bonchev–Trinajstić information content (AvgIpc) is 2.88. The lowest BCUT2D eigenvalue weighted by Gasteiger charge is -2.37. The maximum atomic E-state index is 10.0. The summed E-state index contributed by atoms with van der Waals surface area (Å²) in [6.45, 7) is 11.1. The summed E-state index contributed by atoms with van der Waals surface area (Å²) in [5.41, 5.74) is -0.810. The third kappa shape index (κ3) is 4.61. The molecule has 1 aliphatic heterocycles. The Kier molecular flexibility index (Phi) is 8.26. The third-order valence-electron chi connectivity index (χ3n) is 3.01. The zero-order chi connectivity index (χ0) is 14.1. The summed E-state index contributed by atoms with van der Waals surface area (Å²) in [7, 11) is 0. The Morgan fingerprint density at radius 3 is 1.72 bits per heavy atom. The Morgan fingerprint density at radius 2 is 1.33 bits per heavy atom. The van der Waals surface area contributed by atoms with Crippen molar-refractivity contribution in [3.05, 3.63) is 0 Å². The molecule has 3 heteroatoms. The molecular formula is C15H28O3. The van der Waals surface area contributed by atoms with Crippen LogP contribution in [-0.4, -0.2) is 29.7 Å². The highest BCUT2D eigenvalue weighted by molar-refractivity contribution is 5.14. The zero-order valence-electron chi connectivity index (χ0n) is 12.5. The van der Waals surface area contributed by atoms with Crippen LogP contribution in [0, 0.1) is 11.8 Å². The molecule has 18 heavy (non-hydrogen) atoms. The van der Waals surface area contributed by atoms with Crippen molar-refractivity contribution in [2.24, 2.45) is 0 Å². The van der Waals surface area contributed by atoms with E-state index >= 15 is 0 Å². The standard InChI is InChI=1S/C11H16O3.2C2H6/c1-2-3-10(12)4-6-11(7-5-10)13-8-9-14-11;2*1-2/h12H,4-9H2,1H3;2*1-2H3. The van der Waals surface area contributed by atoms with Crippen LogP contribution >= 0.6 is 0 Å². The fourth-order valence-electron chi connectivity index (χ4n) is 2.19. The molecule has 1 N–H and O–H groups in total. The van der Waals surface area contributed by atoms with Crippen molar-refractivity contribution in [3.8, 4) is 11.8 Å². The molecule has 1 heterocycles. The molecule has 2 aliphatic rings.